The molecule has 0 spiro atoms. The van der Waals surface area contributed by atoms with Crippen molar-refractivity contribution in [3.63, 3.8) is 0 Å². The summed E-state index contributed by atoms with van der Waals surface area (Å²) in [5.74, 6) is 5.16. The lowest BCUT2D eigenvalue weighted by Gasteiger charge is -2.10. The molecular weight excluding hydrogens is 422 g/mol. The smallest absolute Gasteiger partial charge is 0.269 e. The minimum Gasteiger partial charge on any atom is -0.396 e. The number of amides is 2. The monoisotopic (exact) mass is 453 g/mol. The summed E-state index contributed by atoms with van der Waals surface area (Å²) in [4.78, 5) is 31.5. The largest absolute Gasteiger partial charge is 0.396 e. The highest BCUT2D eigenvalue weighted by Gasteiger charge is 2.11. The average molecular weight is 454 g/mol. The maximum Gasteiger partial charge on any atom is 0.269 e. The zero-order valence-electron chi connectivity index (χ0n) is 18.9. The lowest BCUT2D eigenvalue weighted by atomic mass is 10.1. The van der Waals surface area contributed by atoms with E-state index in [1.54, 1.807) is 31.3 Å². The molecule has 0 bridgehead atoms. The van der Waals surface area contributed by atoms with Gasteiger partial charge in [0.2, 0.25) is 6.41 Å². The Bertz CT molecular complexity index is 959. The van der Waals surface area contributed by atoms with E-state index in [4.69, 9.17) is 16.2 Å². The summed E-state index contributed by atoms with van der Waals surface area (Å²) < 4.78 is 4.94. The number of carbonyl (C=O) groups excluding carboxylic acids is 2. The molecule has 9 heteroatoms. The lowest BCUT2D eigenvalue weighted by Crippen LogP contribution is -2.21. The van der Waals surface area contributed by atoms with Crippen LogP contribution in [0.3, 0.4) is 0 Å². The number of ether oxygens (including phenoxy) is 1. The number of rotatable bonds is 6. The van der Waals surface area contributed by atoms with Crippen LogP contribution in [0.1, 0.15) is 35.3 Å². The van der Waals surface area contributed by atoms with Gasteiger partial charge in [-0.1, -0.05) is 24.0 Å². The van der Waals surface area contributed by atoms with Gasteiger partial charge in [0.1, 0.15) is 6.10 Å². The van der Waals surface area contributed by atoms with Gasteiger partial charge in [0, 0.05) is 44.4 Å². The van der Waals surface area contributed by atoms with E-state index >= 15 is 0 Å². The number of nitrogen functional groups attached to an aromatic ring is 1. The van der Waals surface area contributed by atoms with Crippen molar-refractivity contribution >= 4 is 18.0 Å². The zero-order valence-corrected chi connectivity index (χ0v) is 18.9. The summed E-state index contributed by atoms with van der Waals surface area (Å²) in [7, 11) is 1.63. The Labute approximate surface area is 194 Å². The van der Waals surface area contributed by atoms with Crippen molar-refractivity contribution in [3.05, 3.63) is 54.9 Å². The van der Waals surface area contributed by atoms with Crippen LogP contribution < -0.4 is 11.5 Å². The minimum atomic E-state index is -0.852. The number of carbonyl (C=O) groups is 2. The molecule has 1 aromatic heterocycles. The quantitative estimate of drug-likeness (QED) is 0.342. The molecule has 33 heavy (non-hydrogen) atoms. The van der Waals surface area contributed by atoms with E-state index in [1.807, 2.05) is 0 Å². The second kappa shape index (κ2) is 15.1. The maximum atomic E-state index is 11.4. The molecule has 0 radical (unpaired) electrons. The van der Waals surface area contributed by atoms with Crippen LogP contribution >= 0.6 is 0 Å². The first kappa shape index (κ1) is 27.3. The Morgan fingerprint density at radius 1 is 1.36 bits per heavy atom. The summed E-state index contributed by atoms with van der Waals surface area (Å²) in [6.45, 7) is 8.41. The number of aromatic nitrogens is 2. The fourth-order valence-electron chi connectivity index (χ4n) is 2.59. The van der Waals surface area contributed by atoms with Crippen LogP contribution in [0.4, 0.5) is 5.69 Å². The average Bonchev–Trinajstić information content (AvgIpc) is 3.43. The van der Waals surface area contributed by atoms with Gasteiger partial charge in [-0.25, -0.2) is 9.97 Å². The second-order valence-corrected chi connectivity index (χ2v) is 6.92. The molecule has 2 amide bonds. The van der Waals surface area contributed by atoms with Crippen molar-refractivity contribution in [1.82, 2.24) is 14.9 Å². The molecule has 9 nitrogen and oxygen atoms in total. The molecule has 1 saturated heterocycles. The van der Waals surface area contributed by atoms with E-state index in [2.05, 4.69) is 35.0 Å². The summed E-state index contributed by atoms with van der Waals surface area (Å²) >= 11 is 0. The third kappa shape index (κ3) is 9.95. The standard InChI is InChI=1S/C18H19N5O3.C4H8O.C2H4/c1-23(11-24)8-7-14(25)6-5-12-3-2-4-13(9-12)18-21-10-15(19)16(22-18)17(20)26;1-2-4-5-3-1;1-2/h2-4,9-11,14,25H,7-8,19H2,1H3,(H2,20,26);1-4H2;1-2H2/t14-;;/m0../s1. The third-order valence-electron chi connectivity index (χ3n) is 4.32. The number of nitrogens with zero attached hydrogens (tertiary/aromatic N) is 3. The van der Waals surface area contributed by atoms with E-state index < -0.39 is 12.0 Å². The molecule has 1 aromatic carbocycles. The van der Waals surface area contributed by atoms with Gasteiger partial charge < -0.3 is 26.2 Å². The number of nitrogens with two attached hydrogens (primary N) is 2. The normalized spacial score (nSPS) is 12.5. The van der Waals surface area contributed by atoms with Crippen LogP contribution in [-0.2, 0) is 9.53 Å². The Morgan fingerprint density at radius 3 is 2.64 bits per heavy atom. The van der Waals surface area contributed by atoms with Crippen LogP contribution in [0, 0.1) is 11.8 Å². The Kier molecular flexibility index (Phi) is 12.5. The molecule has 2 aromatic rings. The molecule has 1 fully saturated rings. The molecule has 176 valence electrons. The summed E-state index contributed by atoms with van der Waals surface area (Å²) in [5, 5.41) is 9.86. The first-order valence-electron chi connectivity index (χ1n) is 10.4. The molecular formula is C24H31N5O4. The van der Waals surface area contributed by atoms with Crippen LogP contribution in [0.15, 0.2) is 43.6 Å². The molecule has 0 aliphatic carbocycles. The zero-order chi connectivity index (χ0) is 24.6. The van der Waals surface area contributed by atoms with Crippen molar-refractivity contribution in [1.29, 1.82) is 0 Å². The third-order valence-corrected chi connectivity index (χ3v) is 4.32. The molecule has 5 N–H and O–H groups in total. The van der Waals surface area contributed by atoms with Crippen LogP contribution in [0.2, 0.25) is 0 Å². The van der Waals surface area contributed by atoms with Gasteiger partial charge >= 0.3 is 0 Å². The molecule has 2 heterocycles. The van der Waals surface area contributed by atoms with Gasteiger partial charge in [-0.3, -0.25) is 9.59 Å². The van der Waals surface area contributed by atoms with Gasteiger partial charge in [-0.05, 0) is 25.0 Å². The second-order valence-electron chi connectivity index (χ2n) is 6.92. The minimum absolute atomic E-state index is 0.0405. The summed E-state index contributed by atoms with van der Waals surface area (Å²) in [6, 6.07) is 7.02. The number of aliphatic hydroxyl groups excluding tert-OH is 1. The fourth-order valence-corrected chi connectivity index (χ4v) is 2.59. The number of benzene rings is 1. The van der Waals surface area contributed by atoms with Gasteiger partial charge in [0.05, 0.1) is 11.9 Å². The van der Waals surface area contributed by atoms with E-state index in [1.165, 1.54) is 23.9 Å². The molecule has 1 atom stereocenters. The number of primary amides is 1. The van der Waals surface area contributed by atoms with Gasteiger partial charge in [0.15, 0.2) is 11.5 Å². The molecule has 0 saturated carbocycles. The molecule has 1 aliphatic heterocycles. The van der Waals surface area contributed by atoms with Crippen LogP contribution in [-0.4, -0.2) is 65.2 Å². The van der Waals surface area contributed by atoms with Crippen LogP contribution in [0.25, 0.3) is 11.4 Å². The van der Waals surface area contributed by atoms with Gasteiger partial charge in [-0.15, -0.1) is 13.2 Å². The maximum absolute atomic E-state index is 11.4. The van der Waals surface area contributed by atoms with Gasteiger partial charge in [-0.2, -0.15) is 0 Å². The molecule has 1 aliphatic rings. The Balaban J connectivity index is 0.000000671. The highest BCUT2D eigenvalue weighted by atomic mass is 16.5. The Morgan fingerprint density at radius 2 is 2.06 bits per heavy atom. The van der Waals surface area contributed by atoms with Crippen molar-refractivity contribution in [2.75, 3.05) is 32.5 Å². The summed E-state index contributed by atoms with van der Waals surface area (Å²) in [5.41, 5.74) is 12.2. The van der Waals surface area contributed by atoms with Crippen molar-refractivity contribution in [2.24, 2.45) is 5.73 Å². The Hall–Kier alpha value is -3.74. The number of hydrogen-bond acceptors (Lipinski definition) is 7. The van der Waals surface area contributed by atoms with E-state index in [0.717, 1.165) is 13.2 Å². The van der Waals surface area contributed by atoms with E-state index in [0.29, 0.717) is 36.3 Å². The SMILES string of the molecule is C1CCOC1.C=C.CN(C=O)CC[C@@H](O)C#Cc1cccc(-c2ncc(N)c(C(N)=O)n2)c1. The predicted octanol–water partition coefficient (Wildman–Crippen LogP) is 1.61. The van der Waals surface area contributed by atoms with Crippen molar-refractivity contribution < 1.29 is 19.4 Å². The highest BCUT2D eigenvalue weighted by molar-refractivity contribution is 5.96. The first-order chi connectivity index (χ1) is 15.9. The van der Waals surface area contributed by atoms with Crippen molar-refractivity contribution in [3.8, 4) is 23.2 Å². The predicted molar refractivity (Wildman–Crippen MR) is 128 cm³/mol. The number of anilines is 1. The first-order valence-corrected chi connectivity index (χ1v) is 10.4. The number of hydrogen-bond donors (Lipinski definition) is 3. The lowest BCUT2D eigenvalue weighted by molar-refractivity contribution is -0.117. The highest BCUT2D eigenvalue weighted by Crippen LogP contribution is 2.18. The van der Waals surface area contributed by atoms with Gasteiger partial charge in [0.25, 0.3) is 5.91 Å². The number of aliphatic hydroxyl groups is 1. The van der Waals surface area contributed by atoms with E-state index in [-0.39, 0.29) is 11.4 Å². The summed E-state index contributed by atoms with van der Waals surface area (Å²) in [6.07, 6.45) is 4.07. The topological polar surface area (TPSA) is 145 Å². The fraction of sp³-hybridized carbons (Fsp3) is 0.333. The molecule has 3 rings (SSSR count). The van der Waals surface area contributed by atoms with Crippen molar-refractivity contribution in [2.45, 2.75) is 25.4 Å². The van der Waals surface area contributed by atoms with Crippen LogP contribution in [0.5, 0.6) is 0 Å². The molecule has 0 unspecified atom stereocenters. The van der Waals surface area contributed by atoms with E-state index in [9.17, 15) is 14.7 Å².